The van der Waals surface area contributed by atoms with Gasteiger partial charge in [-0.25, -0.2) is 9.59 Å². The van der Waals surface area contributed by atoms with Crippen molar-refractivity contribution in [2.45, 2.75) is 6.04 Å². The van der Waals surface area contributed by atoms with Crippen LogP contribution in [-0.2, 0) is 19.1 Å². The summed E-state index contributed by atoms with van der Waals surface area (Å²) in [6.45, 7) is 0. The third kappa shape index (κ3) is 4.16. The predicted octanol–water partition coefficient (Wildman–Crippen LogP) is 2.36. The summed E-state index contributed by atoms with van der Waals surface area (Å²) in [7, 11) is 2.40. The quantitative estimate of drug-likeness (QED) is 0.534. The first kappa shape index (κ1) is 23.8. The summed E-state index contributed by atoms with van der Waals surface area (Å²) < 4.78 is 11.8. The minimum atomic E-state index is -0.941. The van der Waals surface area contributed by atoms with Crippen molar-refractivity contribution in [2.24, 2.45) is 5.73 Å². The zero-order valence-corrected chi connectivity index (χ0v) is 20.3. The van der Waals surface area contributed by atoms with E-state index >= 15 is 0 Å². The number of carbonyl (C=O) groups excluding carboxylic acids is 2. The number of hydrogen-bond donors (Lipinski definition) is 1. The maximum absolute atomic E-state index is 13.7. The number of nitrogens with two attached hydrogens (primary N) is 1. The van der Waals surface area contributed by atoms with Gasteiger partial charge in [-0.1, -0.05) is 47.5 Å². The van der Waals surface area contributed by atoms with Crippen LogP contribution < -0.4 is 20.5 Å². The van der Waals surface area contributed by atoms with Crippen LogP contribution in [-0.4, -0.2) is 30.7 Å². The Kier molecular flexibility index (Phi) is 6.65. The molecule has 1 aliphatic heterocycles. The van der Waals surface area contributed by atoms with Crippen LogP contribution in [0.1, 0.15) is 17.2 Å². The summed E-state index contributed by atoms with van der Waals surface area (Å²) in [4.78, 5) is 39.2. The Morgan fingerprint density at radius 3 is 2.09 bits per heavy atom. The van der Waals surface area contributed by atoms with Crippen molar-refractivity contribution in [3.8, 4) is 0 Å². The molecular weight excluding hydrogens is 499 g/mol. The van der Waals surface area contributed by atoms with Gasteiger partial charge < -0.3 is 15.2 Å². The van der Waals surface area contributed by atoms with Gasteiger partial charge in [0.25, 0.3) is 5.56 Å². The van der Waals surface area contributed by atoms with E-state index in [4.69, 9.17) is 38.4 Å². The number of nitrogens with zero attached hydrogens (tertiary/aromatic N) is 1. The lowest BCUT2D eigenvalue weighted by molar-refractivity contribution is -0.136. The molecule has 1 aliphatic rings. The molecule has 34 heavy (non-hydrogen) atoms. The van der Waals surface area contributed by atoms with Crippen LogP contribution >= 0.6 is 34.5 Å². The van der Waals surface area contributed by atoms with Gasteiger partial charge in [-0.15, -0.1) is 11.3 Å². The highest BCUT2D eigenvalue weighted by atomic mass is 35.5. The van der Waals surface area contributed by atoms with Gasteiger partial charge in [-0.05, 0) is 41.5 Å². The van der Waals surface area contributed by atoms with Crippen LogP contribution in [0.4, 0.5) is 0 Å². The fourth-order valence-electron chi connectivity index (χ4n) is 3.73. The largest absolute Gasteiger partial charge is 0.466 e. The molecule has 0 spiro atoms. The third-order valence-electron chi connectivity index (χ3n) is 5.31. The number of benzene rings is 2. The monoisotopic (exact) mass is 516 g/mol. The molecule has 2 heterocycles. The summed E-state index contributed by atoms with van der Waals surface area (Å²) >= 11 is 13.1. The van der Waals surface area contributed by atoms with Gasteiger partial charge in [-0.2, -0.15) is 0 Å². The van der Waals surface area contributed by atoms with Crippen molar-refractivity contribution in [1.29, 1.82) is 0 Å². The van der Waals surface area contributed by atoms with E-state index in [1.54, 1.807) is 54.6 Å². The molecule has 2 N–H and O–H groups in total. The van der Waals surface area contributed by atoms with E-state index in [0.717, 1.165) is 16.9 Å². The van der Waals surface area contributed by atoms with Gasteiger partial charge >= 0.3 is 11.9 Å². The average molecular weight is 517 g/mol. The molecular formula is C24H18Cl2N2O5S. The van der Waals surface area contributed by atoms with Gasteiger partial charge in [0.1, 0.15) is 10.2 Å². The molecule has 0 saturated carbocycles. The zero-order valence-electron chi connectivity index (χ0n) is 18.0. The highest BCUT2D eigenvalue weighted by molar-refractivity contribution is 7.07. The van der Waals surface area contributed by atoms with Gasteiger partial charge in [0.15, 0.2) is 0 Å². The predicted molar refractivity (Wildman–Crippen MR) is 131 cm³/mol. The van der Waals surface area contributed by atoms with E-state index < -0.39 is 23.5 Å². The van der Waals surface area contributed by atoms with Crippen LogP contribution in [0.15, 0.2) is 64.6 Å². The van der Waals surface area contributed by atoms with Crippen LogP contribution in [0.25, 0.3) is 11.6 Å². The van der Waals surface area contributed by atoms with Crippen molar-refractivity contribution in [2.75, 3.05) is 14.2 Å². The normalized spacial score (nSPS) is 15.8. The van der Waals surface area contributed by atoms with E-state index in [-0.39, 0.29) is 21.5 Å². The van der Waals surface area contributed by atoms with Crippen molar-refractivity contribution < 1.29 is 19.1 Å². The SMILES string of the molecule is COC(=O)C1=C(N)C(C(=O)OC)=c2s/c(=C/c3ccc(Cl)cc3)c(=O)n2[C@@H]1c1ccc(Cl)cc1. The Morgan fingerprint density at radius 2 is 1.53 bits per heavy atom. The molecule has 3 aromatic rings. The molecule has 0 unspecified atom stereocenters. The topological polar surface area (TPSA) is 101 Å². The van der Waals surface area contributed by atoms with E-state index in [9.17, 15) is 14.4 Å². The molecule has 0 amide bonds. The second-order valence-corrected chi connectivity index (χ2v) is 9.19. The smallest absolute Gasteiger partial charge is 0.342 e. The number of esters is 2. The van der Waals surface area contributed by atoms with E-state index in [1.165, 1.54) is 18.8 Å². The summed E-state index contributed by atoms with van der Waals surface area (Å²) in [6, 6.07) is 12.6. The Labute approximate surface area is 207 Å². The van der Waals surface area contributed by atoms with E-state index in [1.807, 2.05) is 0 Å². The molecule has 2 aromatic carbocycles. The molecule has 174 valence electrons. The van der Waals surface area contributed by atoms with Crippen molar-refractivity contribution >= 4 is 58.1 Å². The molecule has 0 saturated heterocycles. The van der Waals surface area contributed by atoms with E-state index in [2.05, 4.69) is 0 Å². The molecule has 0 bridgehead atoms. The van der Waals surface area contributed by atoms with Gasteiger partial charge in [0, 0.05) is 10.0 Å². The van der Waals surface area contributed by atoms with Gasteiger partial charge in [0.2, 0.25) is 0 Å². The number of aromatic nitrogens is 1. The van der Waals surface area contributed by atoms with E-state index in [0.29, 0.717) is 20.1 Å². The fourth-order valence-corrected chi connectivity index (χ4v) is 5.16. The Morgan fingerprint density at radius 1 is 0.971 bits per heavy atom. The van der Waals surface area contributed by atoms with Gasteiger partial charge in [-0.3, -0.25) is 9.36 Å². The Hall–Kier alpha value is -3.33. The lowest BCUT2D eigenvalue weighted by Gasteiger charge is -2.27. The molecule has 4 rings (SSSR count). The molecule has 0 fully saturated rings. The van der Waals surface area contributed by atoms with Crippen LogP contribution in [0.5, 0.6) is 0 Å². The first-order valence-corrected chi connectivity index (χ1v) is 11.5. The summed E-state index contributed by atoms with van der Waals surface area (Å²) in [6.07, 6.45) is 1.68. The molecule has 10 heteroatoms. The number of rotatable bonds is 4. The summed E-state index contributed by atoms with van der Waals surface area (Å²) in [5.41, 5.74) is 7.01. The van der Waals surface area contributed by atoms with Crippen molar-refractivity contribution in [3.05, 3.63) is 101 Å². The summed E-state index contributed by atoms with van der Waals surface area (Å²) in [5.74, 6) is -1.55. The number of hydrogen-bond acceptors (Lipinski definition) is 7. The highest BCUT2D eigenvalue weighted by Crippen LogP contribution is 2.32. The minimum Gasteiger partial charge on any atom is -0.466 e. The first-order valence-electron chi connectivity index (χ1n) is 9.91. The first-order chi connectivity index (χ1) is 16.3. The molecule has 7 nitrogen and oxygen atoms in total. The Balaban J connectivity index is 2.11. The molecule has 1 atom stereocenters. The molecule has 0 radical (unpaired) electrons. The van der Waals surface area contributed by atoms with Crippen LogP contribution in [0, 0.1) is 0 Å². The van der Waals surface area contributed by atoms with Crippen LogP contribution in [0.2, 0.25) is 10.0 Å². The second-order valence-electron chi connectivity index (χ2n) is 7.28. The number of ether oxygens (including phenoxy) is 2. The maximum Gasteiger partial charge on any atom is 0.342 e. The number of carbonyl (C=O) groups is 2. The second kappa shape index (κ2) is 9.50. The van der Waals surface area contributed by atoms with Crippen molar-refractivity contribution in [3.63, 3.8) is 0 Å². The van der Waals surface area contributed by atoms with Crippen LogP contribution in [0.3, 0.4) is 0 Å². The number of thiazole rings is 1. The third-order valence-corrected chi connectivity index (χ3v) is 6.92. The lowest BCUT2D eigenvalue weighted by Crippen LogP contribution is -2.43. The number of halogens is 2. The van der Waals surface area contributed by atoms with Crippen molar-refractivity contribution in [1.82, 2.24) is 4.57 Å². The number of fused-ring (bicyclic) bond motifs is 1. The summed E-state index contributed by atoms with van der Waals surface area (Å²) in [5, 5.41) is 1.04. The number of methoxy groups -OCH3 is 2. The lowest BCUT2D eigenvalue weighted by atomic mass is 9.92. The molecule has 0 aliphatic carbocycles. The zero-order chi connectivity index (χ0) is 24.6. The molecule has 1 aromatic heterocycles. The fraction of sp³-hybridized carbons (Fsp3) is 0.125. The average Bonchev–Trinajstić information content (AvgIpc) is 3.14. The minimum absolute atomic E-state index is 0.0457. The Bertz CT molecular complexity index is 1500. The van der Waals surface area contributed by atoms with Gasteiger partial charge in [0.05, 0.1) is 36.1 Å². The highest BCUT2D eigenvalue weighted by Gasteiger charge is 2.37. The maximum atomic E-state index is 13.7. The standard InChI is InChI=1S/C24H18Cl2N2O5S/c1-32-23(30)17-19(27)18(24(31)33-2)22-28(20(17)13-5-9-15(26)10-6-13)21(29)16(34-22)11-12-3-7-14(25)8-4-12/h3-11,20H,27H2,1-2H3/b16-11+/t20-/m1/s1.